The predicted molar refractivity (Wildman–Crippen MR) is 74.0 cm³/mol. The van der Waals surface area contributed by atoms with Gasteiger partial charge in [-0.05, 0) is 24.3 Å². The lowest BCUT2D eigenvalue weighted by Crippen LogP contribution is -2.14. The van der Waals surface area contributed by atoms with E-state index >= 15 is 0 Å². The zero-order valence-corrected chi connectivity index (χ0v) is 11.7. The molecule has 0 saturated carbocycles. The number of hydrogen-bond acceptors (Lipinski definition) is 3. The Morgan fingerprint density at radius 2 is 1.90 bits per heavy atom. The molecule has 2 aromatic carbocycles. The third-order valence-electron chi connectivity index (χ3n) is 3.10. The van der Waals surface area contributed by atoms with Gasteiger partial charge < -0.3 is 15.2 Å². The fourth-order valence-electron chi connectivity index (χ4n) is 2.17. The number of ether oxygens (including phenoxy) is 1. The molecule has 20 heavy (non-hydrogen) atoms. The van der Waals surface area contributed by atoms with Crippen LogP contribution >= 0.6 is 15.9 Å². The number of rotatable bonds is 2. The van der Waals surface area contributed by atoms with Crippen LogP contribution < -0.4 is 10.1 Å². The monoisotopic (exact) mass is 341 g/mol. The van der Waals surface area contributed by atoms with E-state index in [4.69, 9.17) is 4.74 Å². The van der Waals surface area contributed by atoms with Crippen LogP contribution in [0.1, 0.15) is 11.6 Å². The maximum atomic E-state index is 13.8. The third-order valence-corrected chi connectivity index (χ3v) is 3.56. The second kappa shape index (κ2) is 4.94. The van der Waals surface area contributed by atoms with Gasteiger partial charge in [-0.3, -0.25) is 0 Å². The summed E-state index contributed by atoms with van der Waals surface area (Å²) in [5.41, 5.74) is 0.562. The Labute approximate surface area is 122 Å². The van der Waals surface area contributed by atoms with E-state index in [0.29, 0.717) is 10.2 Å². The van der Waals surface area contributed by atoms with Crippen molar-refractivity contribution in [2.24, 2.45) is 0 Å². The average Bonchev–Trinajstić information content (AvgIpc) is 2.76. The van der Waals surface area contributed by atoms with Crippen LogP contribution in [0.3, 0.4) is 0 Å². The summed E-state index contributed by atoms with van der Waals surface area (Å²) in [7, 11) is 0. The summed E-state index contributed by atoms with van der Waals surface area (Å²) >= 11 is 3.03. The van der Waals surface area contributed by atoms with Crippen LogP contribution in [0, 0.1) is 11.6 Å². The molecule has 6 heteroatoms. The van der Waals surface area contributed by atoms with Gasteiger partial charge >= 0.3 is 0 Å². The molecule has 0 radical (unpaired) electrons. The summed E-state index contributed by atoms with van der Waals surface area (Å²) < 4.78 is 33.3. The highest BCUT2D eigenvalue weighted by Crippen LogP contribution is 2.37. The first-order valence-electron chi connectivity index (χ1n) is 5.91. The van der Waals surface area contributed by atoms with Gasteiger partial charge in [-0.15, -0.1) is 0 Å². The van der Waals surface area contributed by atoms with Crippen LogP contribution in [0.25, 0.3) is 0 Å². The lowest BCUT2D eigenvalue weighted by atomic mass is 10.1. The maximum Gasteiger partial charge on any atom is 0.150 e. The van der Waals surface area contributed by atoms with Gasteiger partial charge in [0, 0.05) is 16.1 Å². The molecular formula is C14H10BrF2NO2. The number of aromatic hydroxyl groups is 1. The van der Waals surface area contributed by atoms with Crippen molar-refractivity contribution >= 4 is 21.6 Å². The highest BCUT2D eigenvalue weighted by atomic mass is 79.9. The Kier molecular flexibility index (Phi) is 3.25. The van der Waals surface area contributed by atoms with E-state index in [0.717, 1.165) is 5.56 Å². The van der Waals surface area contributed by atoms with E-state index in [-0.39, 0.29) is 24.1 Å². The van der Waals surface area contributed by atoms with Crippen molar-refractivity contribution in [1.29, 1.82) is 0 Å². The van der Waals surface area contributed by atoms with E-state index in [1.807, 2.05) is 0 Å². The van der Waals surface area contributed by atoms with E-state index < -0.39 is 11.6 Å². The molecule has 0 bridgehead atoms. The fourth-order valence-corrected chi connectivity index (χ4v) is 2.57. The molecule has 2 aromatic rings. The number of fused-ring (bicyclic) bond motifs is 1. The summed E-state index contributed by atoms with van der Waals surface area (Å²) in [5, 5.41) is 12.2. The minimum absolute atomic E-state index is 0.0883. The third kappa shape index (κ3) is 2.31. The molecule has 2 N–H and O–H groups in total. The van der Waals surface area contributed by atoms with Gasteiger partial charge in [-0.1, -0.05) is 15.9 Å². The Bertz CT molecular complexity index is 655. The molecule has 0 aromatic heterocycles. The molecule has 1 unspecified atom stereocenters. The largest absolute Gasteiger partial charge is 0.508 e. The normalized spacial score (nSPS) is 16.6. The summed E-state index contributed by atoms with van der Waals surface area (Å²) in [6.45, 7) is 0.244. The second-order valence-corrected chi connectivity index (χ2v) is 5.39. The first-order valence-corrected chi connectivity index (χ1v) is 6.70. The zero-order valence-electron chi connectivity index (χ0n) is 10.2. The smallest absolute Gasteiger partial charge is 0.150 e. The number of anilines is 1. The number of hydrogen-bond donors (Lipinski definition) is 2. The molecule has 0 aliphatic carbocycles. The molecule has 3 nitrogen and oxygen atoms in total. The van der Waals surface area contributed by atoms with Crippen molar-refractivity contribution in [1.82, 2.24) is 0 Å². The highest BCUT2D eigenvalue weighted by molar-refractivity contribution is 9.10. The Morgan fingerprint density at radius 3 is 2.60 bits per heavy atom. The van der Waals surface area contributed by atoms with Crippen LogP contribution in [0.2, 0.25) is 0 Å². The minimum atomic E-state index is -0.677. The number of benzene rings is 2. The van der Waals surface area contributed by atoms with E-state index in [1.165, 1.54) is 24.3 Å². The molecule has 0 fully saturated rings. The predicted octanol–water partition coefficient (Wildman–Crippen LogP) is 3.98. The van der Waals surface area contributed by atoms with Gasteiger partial charge in [-0.25, -0.2) is 8.78 Å². The van der Waals surface area contributed by atoms with Crippen LogP contribution in [-0.4, -0.2) is 11.7 Å². The lowest BCUT2D eigenvalue weighted by Gasteiger charge is -2.15. The van der Waals surface area contributed by atoms with Gasteiger partial charge in [0.15, 0.2) is 0 Å². The number of halogens is 3. The molecule has 1 atom stereocenters. The molecule has 0 saturated heterocycles. The molecule has 1 aliphatic rings. The molecule has 3 rings (SSSR count). The van der Waals surface area contributed by atoms with Crippen molar-refractivity contribution in [3.8, 4) is 11.5 Å². The van der Waals surface area contributed by atoms with Gasteiger partial charge in [0.1, 0.15) is 35.4 Å². The molecular weight excluding hydrogens is 332 g/mol. The topological polar surface area (TPSA) is 41.5 Å². The Hall–Kier alpha value is -1.82. The van der Waals surface area contributed by atoms with Gasteiger partial charge in [0.25, 0.3) is 0 Å². The number of phenolic OH excluding ortho intramolecular Hbond substituents is 1. The number of phenols is 1. The molecule has 1 aliphatic heterocycles. The minimum Gasteiger partial charge on any atom is -0.508 e. The number of nitrogens with one attached hydrogen (secondary N) is 1. The highest BCUT2D eigenvalue weighted by Gasteiger charge is 2.26. The maximum absolute atomic E-state index is 13.8. The summed E-state index contributed by atoms with van der Waals surface area (Å²) in [6, 6.07) is 6.68. The van der Waals surface area contributed by atoms with Crippen LogP contribution in [0.15, 0.2) is 34.8 Å². The quantitative estimate of drug-likeness (QED) is 0.868. The van der Waals surface area contributed by atoms with Crippen molar-refractivity contribution in [2.45, 2.75) is 6.04 Å². The van der Waals surface area contributed by atoms with Gasteiger partial charge in [0.05, 0.1) is 6.04 Å². The zero-order chi connectivity index (χ0) is 14.3. The van der Waals surface area contributed by atoms with Crippen molar-refractivity contribution in [3.05, 3.63) is 52.0 Å². The van der Waals surface area contributed by atoms with E-state index in [1.54, 1.807) is 6.07 Å². The van der Waals surface area contributed by atoms with E-state index in [9.17, 15) is 13.9 Å². The van der Waals surface area contributed by atoms with Crippen LogP contribution in [0.5, 0.6) is 11.5 Å². The fraction of sp³-hybridized carbons (Fsp3) is 0.143. The van der Waals surface area contributed by atoms with Crippen molar-refractivity contribution in [2.75, 3.05) is 11.9 Å². The Morgan fingerprint density at radius 1 is 1.20 bits per heavy atom. The molecule has 0 spiro atoms. The first kappa shape index (κ1) is 13.2. The summed E-state index contributed by atoms with van der Waals surface area (Å²) in [5.74, 6) is -0.751. The molecule has 1 heterocycles. The Balaban J connectivity index is 1.91. The van der Waals surface area contributed by atoms with Crippen LogP contribution in [-0.2, 0) is 0 Å². The van der Waals surface area contributed by atoms with Crippen molar-refractivity contribution in [3.63, 3.8) is 0 Å². The molecule has 0 amide bonds. The lowest BCUT2D eigenvalue weighted by molar-refractivity contribution is 0.337. The average molecular weight is 342 g/mol. The standard InChI is InChI=1S/C14H10BrF2NO2/c15-7-3-10(16)14(11(17)4-7)18-12-6-20-13-5-8(19)1-2-9(12)13/h1-5,12,18-19H,6H2. The second-order valence-electron chi connectivity index (χ2n) is 4.47. The van der Waals surface area contributed by atoms with Gasteiger partial charge in [0.2, 0.25) is 0 Å². The van der Waals surface area contributed by atoms with Crippen molar-refractivity contribution < 1.29 is 18.6 Å². The van der Waals surface area contributed by atoms with E-state index in [2.05, 4.69) is 21.2 Å². The van der Waals surface area contributed by atoms with Crippen LogP contribution in [0.4, 0.5) is 14.5 Å². The SMILES string of the molecule is Oc1ccc2c(c1)OCC2Nc1c(F)cc(Br)cc1F. The van der Waals surface area contributed by atoms with Gasteiger partial charge in [-0.2, -0.15) is 0 Å². The molecule has 104 valence electrons. The summed E-state index contributed by atoms with van der Waals surface area (Å²) in [6.07, 6.45) is 0. The first-order chi connectivity index (χ1) is 9.54. The summed E-state index contributed by atoms with van der Waals surface area (Å²) in [4.78, 5) is 0.